The number of carboxylic acid groups (broad SMARTS) is 1. The Morgan fingerprint density at radius 2 is 2.13 bits per heavy atom. The lowest BCUT2D eigenvalue weighted by Gasteiger charge is -2.31. The standard InChI is InChI=1S/C17H26N2O4/c1-13-12-14(22-3)4-5-15(13)16(17(20)21)18(2)6-7-19-8-10-23-11-9-19/h4-5,12,16H,6-11H2,1-3H3,(H,20,21)/t16-/m0/s1. The van der Waals surface area contributed by atoms with Gasteiger partial charge in [-0.15, -0.1) is 0 Å². The van der Waals surface area contributed by atoms with E-state index in [1.807, 2.05) is 37.1 Å². The van der Waals surface area contributed by atoms with Gasteiger partial charge in [-0.2, -0.15) is 0 Å². The molecule has 6 heteroatoms. The van der Waals surface area contributed by atoms with Gasteiger partial charge in [0.05, 0.1) is 20.3 Å². The van der Waals surface area contributed by atoms with Crippen molar-refractivity contribution in [2.75, 3.05) is 53.6 Å². The summed E-state index contributed by atoms with van der Waals surface area (Å²) in [4.78, 5) is 16.0. The highest BCUT2D eigenvalue weighted by Crippen LogP contribution is 2.26. The van der Waals surface area contributed by atoms with Crippen LogP contribution in [0.3, 0.4) is 0 Å². The molecule has 1 fully saturated rings. The van der Waals surface area contributed by atoms with Crippen molar-refractivity contribution < 1.29 is 19.4 Å². The second-order valence-corrected chi connectivity index (χ2v) is 5.90. The molecular formula is C17H26N2O4. The number of nitrogens with zero attached hydrogens (tertiary/aromatic N) is 2. The molecule has 6 nitrogen and oxygen atoms in total. The number of hydrogen-bond donors (Lipinski definition) is 1. The van der Waals surface area contributed by atoms with E-state index in [4.69, 9.17) is 9.47 Å². The molecule has 23 heavy (non-hydrogen) atoms. The monoisotopic (exact) mass is 322 g/mol. The second kappa shape index (κ2) is 8.29. The number of aliphatic carboxylic acids is 1. The predicted molar refractivity (Wildman–Crippen MR) is 88.0 cm³/mol. The van der Waals surface area contributed by atoms with E-state index >= 15 is 0 Å². The molecule has 128 valence electrons. The van der Waals surface area contributed by atoms with Crippen LogP contribution in [-0.2, 0) is 9.53 Å². The van der Waals surface area contributed by atoms with Crippen LogP contribution in [0, 0.1) is 6.92 Å². The number of ether oxygens (including phenoxy) is 2. The van der Waals surface area contributed by atoms with Crippen molar-refractivity contribution >= 4 is 5.97 Å². The zero-order valence-corrected chi connectivity index (χ0v) is 14.1. The minimum Gasteiger partial charge on any atom is -0.497 e. The first-order chi connectivity index (χ1) is 11.0. The molecule has 0 radical (unpaired) electrons. The number of carboxylic acids is 1. The summed E-state index contributed by atoms with van der Waals surface area (Å²) < 4.78 is 10.5. The fourth-order valence-electron chi connectivity index (χ4n) is 2.89. The van der Waals surface area contributed by atoms with Crippen molar-refractivity contribution in [1.82, 2.24) is 9.80 Å². The van der Waals surface area contributed by atoms with Crippen LogP contribution in [0.15, 0.2) is 18.2 Å². The molecule has 1 aliphatic rings. The summed E-state index contributed by atoms with van der Waals surface area (Å²) in [5.41, 5.74) is 1.73. The molecule has 0 amide bonds. The first-order valence-corrected chi connectivity index (χ1v) is 7.90. The average Bonchev–Trinajstić information content (AvgIpc) is 2.55. The molecule has 1 atom stereocenters. The van der Waals surface area contributed by atoms with Crippen LogP contribution in [0.1, 0.15) is 17.2 Å². The second-order valence-electron chi connectivity index (χ2n) is 5.90. The van der Waals surface area contributed by atoms with Crippen LogP contribution >= 0.6 is 0 Å². The van der Waals surface area contributed by atoms with E-state index in [1.165, 1.54) is 0 Å². The van der Waals surface area contributed by atoms with Gasteiger partial charge in [-0.25, -0.2) is 0 Å². The third kappa shape index (κ3) is 4.67. The molecule has 0 aromatic heterocycles. The molecule has 1 aromatic carbocycles. The maximum atomic E-state index is 11.8. The van der Waals surface area contributed by atoms with Crippen LogP contribution in [0.2, 0.25) is 0 Å². The summed E-state index contributed by atoms with van der Waals surface area (Å²) in [5.74, 6) is -0.0888. The Labute approximate surface area is 137 Å². The van der Waals surface area contributed by atoms with Crippen molar-refractivity contribution in [1.29, 1.82) is 0 Å². The van der Waals surface area contributed by atoms with Crippen molar-refractivity contribution in [2.45, 2.75) is 13.0 Å². The number of morpholine rings is 1. The number of carbonyl (C=O) groups is 1. The SMILES string of the molecule is COc1ccc([C@@H](C(=O)O)N(C)CCN2CCOCC2)c(C)c1. The largest absolute Gasteiger partial charge is 0.497 e. The molecule has 0 bridgehead atoms. The summed E-state index contributed by atoms with van der Waals surface area (Å²) in [6.45, 7) is 6.79. The Morgan fingerprint density at radius 3 is 2.70 bits per heavy atom. The minimum absolute atomic E-state index is 0.651. The quantitative estimate of drug-likeness (QED) is 0.819. The highest BCUT2D eigenvalue weighted by Gasteiger charge is 2.26. The van der Waals surface area contributed by atoms with Gasteiger partial charge in [-0.05, 0) is 37.2 Å². The molecule has 2 rings (SSSR count). The third-order valence-corrected chi connectivity index (χ3v) is 4.32. The highest BCUT2D eigenvalue weighted by molar-refractivity contribution is 5.76. The summed E-state index contributed by atoms with van der Waals surface area (Å²) in [5, 5.41) is 9.68. The van der Waals surface area contributed by atoms with Gasteiger partial charge in [0.1, 0.15) is 11.8 Å². The molecule has 0 saturated carbocycles. The van der Waals surface area contributed by atoms with Gasteiger partial charge in [-0.3, -0.25) is 14.6 Å². The number of aryl methyl sites for hydroxylation is 1. The van der Waals surface area contributed by atoms with Crippen LogP contribution in [0.25, 0.3) is 0 Å². The molecular weight excluding hydrogens is 296 g/mol. The number of hydrogen-bond acceptors (Lipinski definition) is 5. The number of likely N-dealkylation sites (N-methyl/N-ethyl adjacent to an activating group) is 1. The lowest BCUT2D eigenvalue weighted by Crippen LogP contribution is -2.42. The number of rotatable bonds is 7. The van der Waals surface area contributed by atoms with Gasteiger partial charge in [0.2, 0.25) is 0 Å². The molecule has 0 aliphatic carbocycles. The average molecular weight is 322 g/mol. The van der Waals surface area contributed by atoms with Crippen molar-refractivity contribution in [3.05, 3.63) is 29.3 Å². The Morgan fingerprint density at radius 1 is 1.43 bits per heavy atom. The number of methoxy groups -OCH3 is 1. The van der Waals surface area contributed by atoms with Gasteiger partial charge in [0.25, 0.3) is 0 Å². The van der Waals surface area contributed by atoms with Crippen LogP contribution < -0.4 is 4.74 Å². The molecule has 1 saturated heterocycles. The molecule has 1 aliphatic heterocycles. The minimum atomic E-state index is -0.831. The Bertz CT molecular complexity index is 529. The summed E-state index contributed by atoms with van der Waals surface area (Å²) in [6, 6.07) is 4.88. The molecule has 1 heterocycles. The molecule has 0 spiro atoms. The van der Waals surface area contributed by atoms with Crippen LogP contribution in [0.4, 0.5) is 0 Å². The van der Waals surface area contributed by atoms with E-state index in [0.717, 1.165) is 49.7 Å². The Kier molecular flexibility index (Phi) is 6.38. The first kappa shape index (κ1) is 17.7. The predicted octanol–water partition coefficient (Wildman–Crippen LogP) is 1.39. The van der Waals surface area contributed by atoms with Crippen LogP contribution in [0.5, 0.6) is 5.75 Å². The lowest BCUT2D eigenvalue weighted by atomic mass is 10.00. The van der Waals surface area contributed by atoms with Gasteiger partial charge < -0.3 is 14.6 Å². The van der Waals surface area contributed by atoms with Gasteiger partial charge in [0.15, 0.2) is 0 Å². The van der Waals surface area contributed by atoms with E-state index in [0.29, 0.717) is 6.54 Å². The van der Waals surface area contributed by atoms with Crippen molar-refractivity contribution in [3.63, 3.8) is 0 Å². The maximum Gasteiger partial charge on any atom is 0.325 e. The lowest BCUT2D eigenvalue weighted by molar-refractivity contribution is -0.143. The number of benzene rings is 1. The molecule has 0 unspecified atom stereocenters. The first-order valence-electron chi connectivity index (χ1n) is 7.90. The van der Waals surface area contributed by atoms with Crippen LogP contribution in [-0.4, -0.2) is 74.4 Å². The van der Waals surface area contributed by atoms with E-state index in [-0.39, 0.29) is 0 Å². The topological polar surface area (TPSA) is 62.2 Å². The summed E-state index contributed by atoms with van der Waals surface area (Å²) >= 11 is 0. The maximum absolute atomic E-state index is 11.8. The van der Waals surface area contributed by atoms with Gasteiger partial charge in [0, 0.05) is 26.2 Å². The Hall–Kier alpha value is -1.63. The van der Waals surface area contributed by atoms with E-state index in [9.17, 15) is 9.90 Å². The normalized spacial score (nSPS) is 17.2. The van der Waals surface area contributed by atoms with Gasteiger partial charge >= 0.3 is 5.97 Å². The molecule has 1 N–H and O–H groups in total. The van der Waals surface area contributed by atoms with Gasteiger partial charge in [-0.1, -0.05) is 6.07 Å². The fourth-order valence-corrected chi connectivity index (χ4v) is 2.89. The summed E-state index contributed by atoms with van der Waals surface area (Å²) in [6.07, 6.45) is 0. The fraction of sp³-hybridized carbons (Fsp3) is 0.588. The van der Waals surface area contributed by atoms with Crippen molar-refractivity contribution in [3.8, 4) is 5.75 Å². The zero-order valence-electron chi connectivity index (χ0n) is 14.1. The van der Waals surface area contributed by atoms with Crippen molar-refractivity contribution in [2.24, 2.45) is 0 Å². The third-order valence-electron chi connectivity index (χ3n) is 4.32. The van der Waals surface area contributed by atoms with E-state index in [1.54, 1.807) is 7.11 Å². The Balaban J connectivity index is 2.06. The highest BCUT2D eigenvalue weighted by atomic mass is 16.5. The molecule has 1 aromatic rings. The van der Waals surface area contributed by atoms with E-state index in [2.05, 4.69) is 4.90 Å². The zero-order chi connectivity index (χ0) is 16.8. The van der Waals surface area contributed by atoms with E-state index < -0.39 is 12.0 Å². The summed E-state index contributed by atoms with van der Waals surface area (Å²) in [7, 11) is 3.47. The smallest absolute Gasteiger partial charge is 0.325 e.